The van der Waals surface area contributed by atoms with Crippen molar-refractivity contribution in [1.82, 2.24) is 24.7 Å². The predicted octanol–water partition coefficient (Wildman–Crippen LogP) is 2.68. The van der Waals surface area contributed by atoms with Crippen LogP contribution in [0.25, 0.3) is 0 Å². The number of likely N-dealkylation sites (N-methyl/N-ethyl adjacent to an activating group) is 1. The molecule has 152 valence electrons. The van der Waals surface area contributed by atoms with Gasteiger partial charge in [0.1, 0.15) is 0 Å². The summed E-state index contributed by atoms with van der Waals surface area (Å²) in [6, 6.07) is 8.51. The first-order chi connectivity index (χ1) is 13.4. The van der Waals surface area contributed by atoms with Crippen LogP contribution in [-0.4, -0.2) is 65.4 Å². The molecule has 0 radical (unpaired) electrons. The fourth-order valence-electron chi connectivity index (χ4n) is 3.95. The van der Waals surface area contributed by atoms with Gasteiger partial charge in [0.2, 0.25) is 0 Å². The summed E-state index contributed by atoms with van der Waals surface area (Å²) in [5.74, 6) is 0. The lowest BCUT2D eigenvalue weighted by atomic mass is 9.97. The average molecular weight is 402 g/mol. The van der Waals surface area contributed by atoms with E-state index in [0.29, 0.717) is 6.61 Å². The number of pyridine rings is 1. The second kappa shape index (κ2) is 9.03. The van der Waals surface area contributed by atoms with Crippen molar-refractivity contribution in [3.8, 4) is 0 Å². The molecular weight excluding hydrogens is 370 g/mol. The van der Waals surface area contributed by atoms with E-state index in [1.807, 2.05) is 18.3 Å². The Kier molecular flexibility index (Phi) is 6.69. The number of thiocarbonyl (C=S) groups is 1. The van der Waals surface area contributed by atoms with Crippen LogP contribution >= 0.6 is 12.2 Å². The molecule has 0 bridgehead atoms. The summed E-state index contributed by atoms with van der Waals surface area (Å²) in [6.45, 7) is 7.71. The zero-order valence-electron chi connectivity index (χ0n) is 17.5. The van der Waals surface area contributed by atoms with Crippen LogP contribution in [0.15, 0.2) is 30.5 Å². The topological polar surface area (TPSA) is 45.6 Å². The molecule has 2 aromatic heterocycles. The highest BCUT2D eigenvalue weighted by molar-refractivity contribution is 7.80. The third-order valence-corrected chi connectivity index (χ3v) is 5.79. The first kappa shape index (κ1) is 20.8. The monoisotopic (exact) mass is 401 g/mol. The first-order valence-corrected chi connectivity index (χ1v) is 10.1. The number of rotatable bonds is 8. The van der Waals surface area contributed by atoms with Gasteiger partial charge in [-0.25, -0.2) is 0 Å². The molecule has 0 spiro atoms. The van der Waals surface area contributed by atoms with Crippen LogP contribution in [0.1, 0.15) is 34.7 Å². The van der Waals surface area contributed by atoms with Gasteiger partial charge in [-0.2, -0.15) is 0 Å². The van der Waals surface area contributed by atoms with Crippen molar-refractivity contribution in [2.45, 2.75) is 32.5 Å². The zero-order chi connectivity index (χ0) is 20.3. The van der Waals surface area contributed by atoms with Gasteiger partial charge in [-0.3, -0.25) is 4.98 Å². The van der Waals surface area contributed by atoms with Crippen LogP contribution in [0.3, 0.4) is 0 Å². The Balaban J connectivity index is 2.01. The normalized spacial score (nSPS) is 19.5. The molecule has 28 heavy (non-hydrogen) atoms. The zero-order valence-corrected chi connectivity index (χ0v) is 18.3. The minimum absolute atomic E-state index is 0.0345. The summed E-state index contributed by atoms with van der Waals surface area (Å²) in [5.41, 5.74) is 4.83. The molecule has 0 amide bonds. The molecule has 1 fully saturated rings. The lowest BCUT2D eigenvalue weighted by molar-refractivity contribution is 0.186. The van der Waals surface area contributed by atoms with Crippen molar-refractivity contribution in [2.24, 2.45) is 0 Å². The number of methoxy groups -OCH3 is 1. The van der Waals surface area contributed by atoms with E-state index in [4.69, 9.17) is 17.0 Å². The molecule has 1 N–H and O–H groups in total. The number of ether oxygens (including phenoxy) is 1. The molecule has 3 rings (SSSR count). The van der Waals surface area contributed by atoms with Gasteiger partial charge < -0.3 is 24.4 Å². The third-order valence-electron chi connectivity index (χ3n) is 5.44. The van der Waals surface area contributed by atoms with Crippen molar-refractivity contribution >= 4 is 17.3 Å². The summed E-state index contributed by atoms with van der Waals surface area (Å²) < 4.78 is 7.64. The second-order valence-electron chi connectivity index (χ2n) is 7.59. The minimum atomic E-state index is 0.0345. The Morgan fingerprint density at radius 1 is 1.25 bits per heavy atom. The molecular formula is C21H31N5OS. The Bertz CT molecular complexity index is 805. The van der Waals surface area contributed by atoms with Crippen LogP contribution in [0, 0.1) is 13.8 Å². The molecule has 3 heterocycles. The van der Waals surface area contributed by atoms with Crippen LogP contribution in [-0.2, 0) is 11.3 Å². The summed E-state index contributed by atoms with van der Waals surface area (Å²) in [7, 11) is 5.93. The second-order valence-corrected chi connectivity index (χ2v) is 7.98. The van der Waals surface area contributed by atoms with E-state index in [9.17, 15) is 0 Å². The van der Waals surface area contributed by atoms with Gasteiger partial charge >= 0.3 is 0 Å². The fourth-order valence-corrected chi connectivity index (χ4v) is 4.28. The Morgan fingerprint density at radius 3 is 2.68 bits per heavy atom. The molecule has 0 unspecified atom stereocenters. The molecule has 2 aromatic rings. The standard InChI is InChI=1S/C21H31N5OS/c1-15-14-17(16(2)25(15)12-13-27-5)20-19(18-8-6-7-9-22-18)23-21(28)26(20)11-10-24(3)4/h6-9,14,19-20H,10-13H2,1-5H3,(H,23,28)/t19-,20+/m0/s1. The van der Waals surface area contributed by atoms with Crippen LogP contribution < -0.4 is 5.32 Å². The lowest BCUT2D eigenvalue weighted by Crippen LogP contribution is -2.35. The Labute approximate surface area is 173 Å². The smallest absolute Gasteiger partial charge is 0.170 e. The van der Waals surface area contributed by atoms with Crippen LogP contribution in [0.2, 0.25) is 0 Å². The van der Waals surface area contributed by atoms with Gasteiger partial charge in [-0.15, -0.1) is 0 Å². The number of nitrogens with zero attached hydrogens (tertiary/aromatic N) is 4. The van der Waals surface area contributed by atoms with Crippen molar-refractivity contribution < 1.29 is 4.74 Å². The maximum absolute atomic E-state index is 5.74. The van der Waals surface area contributed by atoms with Gasteiger partial charge in [0.05, 0.1) is 24.4 Å². The largest absolute Gasteiger partial charge is 0.383 e. The molecule has 2 atom stereocenters. The Morgan fingerprint density at radius 2 is 2.04 bits per heavy atom. The number of aromatic nitrogens is 2. The number of nitrogens with one attached hydrogen (secondary N) is 1. The van der Waals surface area contributed by atoms with E-state index < -0.39 is 0 Å². The summed E-state index contributed by atoms with van der Waals surface area (Å²) >= 11 is 5.74. The highest BCUT2D eigenvalue weighted by atomic mass is 32.1. The molecule has 7 heteroatoms. The van der Waals surface area contributed by atoms with Gasteiger partial charge in [-0.1, -0.05) is 6.07 Å². The van der Waals surface area contributed by atoms with Crippen LogP contribution in [0.5, 0.6) is 0 Å². The van der Waals surface area contributed by atoms with E-state index in [1.54, 1.807) is 7.11 Å². The van der Waals surface area contributed by atoms with E-state index in [0.717, 1.165) is 30.4 Å². The van der Waals surface area contributed by atoms with Crippen LogP contribution in [0.4, 0.5) is 0 Å². The number of hydrogen-bond donors (Lipinski definition) is 1. The molecule has 0 aromatic carbocycles. The summed E-state index contributed by atoms with van der Waals surface area (Å²) in [5, 5.41) is 4.33. The van der Waals surface area contributed by atoms with Crippen molar-refractivity contribution in [3.05, 3.63) is 53.1 Å². The lowest BCUT2D eigenvalue weighted by Gasteiger charge is -2.29. The van der Waals surface area contributed by atoms with E-state index in [2.05, 4.69) is 64.7 Å². The van der Waals surface area contributed by atoms with E-state index in [1.165, 1.54) is 17.0 Å². The third kappa shape index (κ3) is 4.21. The van der Waals surface area contributed by atoms with E-state index >= 15 is 0 Å². The van der Waals surface area contributed by atoms with Crippen molar-refractivity contribution in [3.63, 3.8) is 0 Å². The molecule has 0 aliphatic carbocycles. The average Bonchev–Trinajstić information content (AvgIpc) is 3.15. The van der Waals surface area contributed by atoms with Gasteiger partial charge in [0, 0.05) is 44.3 Å². The van der Waals surface area contributed by atoms with Crippen molar-refractivity contribution in [1.29, 1.82) is 0 Å². The molecule has 1 aliphatic heterocycles. The maximum atomic E-state index is 5.74. The maximum Gasteiger partial charge on any atom is 0.170 e. The quantitative estimate of drug-likeness (QED) is 0.686. The van der Waals surface area contributed by atoms with Gasteiger partial charge in [0.25, 0.3) is 0 Å². The molecule has 6 nitrogen and oxygen atoms in total. The highest BCUT2D eigenvalue weighted by Crippen LogP contribution is 2.40. The Hall–Kier alpha value is -1.96. The van der Waals surface area contributed by atoms with Crippen molar-refractivity contribution in [2.75, 3.05) is 40.9 Å². The SMILES string of the molecule is COCCn1c(C)cc([C@@H]2[C@H](c3ccccn3)NC(=S)N2CCN(C)C)c1C. The van der Waals surface area contributed by atoms with Gasteiger partial charge in [-0.05, 0) is 63.9 Å². The number of hydrogen-bond acceptors (Lipinski definition) is 4. The fraction of sp³-hybridized carbons (Fsp3) is 0.524. The predicted molar refractivity (Wildman–Crippen MR) is 116 cm³/mol. The minimum Gasteiger partial charge on any atom is -0.383 e. The highest BCUT2D eigenvalue weighted by Gasteiger charge is 2.41. The molecule has 0 saturated carbocycles. The number of aryl methyl sites for hydroxylation is 1. The molecule has 1 saturated heterocycles. The summed E-state index contributed by atoms with van der Waals surface area (Å²) in [4.78, 5) is 9.13. The first-order valence-electron chi connectivity index (χ1n) is 9.72. The van der Waals surface area contributed by atoms with Gasteiger partial charge in [0.15, 0.2) is 5.11 Å². The van der Waals surface area contributed by atoms with E-state index in [-0.39, 0.29) is 12.1 Å². The summed E-state index contributed by atoms with van der Waals surface area (Å²) in [6.07, 6.45) is 1.85. The molecule has 1 aliphatic rings.